The van der Waals surface area contributed by atoms with Gasteiger partial charge in [-0.2, -0.15) is 0 Å². The SMILES string of the molecule is CC1(C)N2Cc3ccccc3C[C@H]2C(=O)N1[C@@H](Cc1ccc(O)cc1)C(=O)O. The molecule has 0 radical (unpaired) electrons. The molecule has 2 aliphatic heterocycles. The Kier molecular flexibility index (Phi) is 4.38. The molecule has 4 rings (SSSR count). The molecule has 1 amide bonds. The average molecular weight is 380 g/mol. The summed E-state index contributed by atoms with van der Waals surface area (Å²) in [5.41, 5.74) is 2.39. The summed E-state index contributed by atoms with van der Waals surface area (Å²) < 4.78 is 0. The Morgan fingerprint density at radius 3 is 2.43 bits per heavy atom. The standard InChI is InChI=1S/C22H24N2O4/c1-22(2)23-13-16-6-4-3-5-15(16)12-18(23)20(26)24(22)19(21(27)28)11-14-7-9-17(25)10-8-14/h3-10,18-19,25H,11-13H2,1-2H3,(H,27,28)/t18-,19-/m0/s1. The van der Waals surface area contributed by atoms with Gasteiger partial charge in [0.25, 0.3) is 0 Å². The van der Waals surface area contributed by atoms with E-state index in [1.165, 1.54) is 17.7 Å². The van der Waals surface area contributed by atoms with Crippen molar-refractivity contribution in [2.24, 2.45) is 0 Å². The quantitative estimate of drug-likeness (QED) is 0.851. The fourth-order valence-corrected chi connectivity index (χ4v) is 4.57. The molecule has 28 heavy (non-hydrogen) atoms. The van der Waals surface area contributed by atoms with Gasteiger partial charge in [0.05, 0.1) is 11.7 Å². The number of phenols is 1. The molecule has 6 nitrogen and oxygen atoms in total. The van der Waals surface area contributed by atoms with Gasteiger partial charge in [0.2, 0.25) is 5.91 Å². The Morgan fingerprint density at radius 1 is 1.14 bits per heavy atom. The number of amides is 1. The molecule has 6 heteroatoms. The Morgan fingerprint density at radius 2 is 1.79 bits per heavy atom. The van der Waals surface area contributed by atoms with Crippen LogP contribution in [-0.2, 0) is 29.0 Å². The summed E-state index contributed by atoms with van der Waals surface area (Å²) in [5, 5.41) is 19.4. The molecular weight excluding hydrogens is 356 g/mol. The number of hydrogen-bond acceptors (Lipinski definition) is 4. The number of fused-ring (bicyclic) bond motifs is 2. The van der Waals surface area contributed by atoms with Crippen LogP contribution in [0.2, 0.25) is 0 Å². The molecule has 146 valence electrons. The van der Waals surface area contributed by atoms with Crippen molar-refractivity contribution in [1.29, 1.82) is 0 Å². The van der Waals surface area contributed by atoms with E-state index >= 15 is 0 Å². The lowest BCUT2D eigenvalue weighted by atomic mass is 9.94. The van der Waals surface area contributed by atoms with Crippen molar-refractivity contribution in [3.8, 4) is 5.75 Å². The summed E-state index contributed by atoms with van der Waals surface area (Å²) in [6.45, 7) is 4.47. The second-order valence-electron chi connectivity index (χ2n) is 8.04. The number of hydrogen-bond donors (Lipinski definition) is 2. The number of carbonyl (C=O) groups excluding carboxylic acids is 1. The summed E-state index contributed by atoms with van der Waals surface area (Å²) in [6.07, 6.45) is 0.790. The highest BCUT2D eigenvalue weighted by molar-refractivity contribution is 5.90. The molecule has 2 aromatic rings. The van der Waals surface area contributed by atoms with Crippen molar-refractivity contribution in [3.63, 3.8) is 0 Å². The molecule has 1 fully saturated rings. The number of aliphatic carboxylic acids is 1. The summed E-state index contributed by atoms with van der Waals surface area (Å²) in [4.78, 5) is 29.1. The molecule has 0 bridgehead atoms. The third-order valence-corrected chi connectivity index (χ3v) is 6.03. The lowest BCUT2D eigenvalue weighted by Gasteiger charge is -2.42. The summed E-state index contributed by atoms with van der Waals surface area (Å²) in [7, 11) is 0. The van der Waals surface area contributed by atoms with Crippen LogP contribution in [0.1, 0.15) is 30.5 Å². The zero-order chi connectivity index (χ0) is 20.1. The lowest BCUT2D eigenvalue weighted by molar-refractivity contribution is -0.153. The van der Waals surface area contributed by atoms with Crippen LogP contribution in [0.3, 0.4) is 0 Å². The van der Waals surface area contributed by atoms with Crippen molar-refractivity contribution < 1.29 is 19.8 Å². The molecule has 2 aliphatic rings. The van der Waals surface area contributed by atoms with Crippen molar-refractivity contribution in [2.45, 2.75) is 51.0 Å². The van der Waals surface area contributed by atoms with Crippen molar-refractivity contribution in [3.05, 3.63) is 65.2 Å². The maximum atomic E-state index is 13.3. The Balaban J connectivity index is 1.67. The second kappa shape index (κ2) is 6.63. The number of benzene rings is 2. The minimum absolute atomic E-state index is 0.128. The van der Waals surface area contributed by atoms with Crippen LogP contribution in [-0.4, -0.2) is 49.6 Å². The predicted octanol–water partition coefficient (Wildman–Crippen LogP) is 2.39. The maximum Gasteiger partial charge on any atom is 0.326 e. The van der Waals surface area contributed by atoms with Crippen molar-refractivity contribution in [2.75, 3.05) is 0 Å². The Bertz CT molecular complexity index is 922. The van der Waals surface area contributed by atoms with Gasteiger partial charge in [0.1, 0.15) is 11.8 Å². The first-order chi connectivity index (χ1) is 13.3. The minimum Gasteiger partial charge on any atom is -0.508 e. The van der Waals surface area contributed by atoms with E-state index < -0.39 is 17.7 Å². The molecule has 2 atom stereocenters. The molecule has 0 saturated carbocycles. The van der Waals surface area contributed by atoms with Crippen LogP contribution in [0.15, 0.2) is 48.5 Å². The molecule has 0 spiro atoms. The zero-order valence-corrected chi connectivity index (χ0v) is 16.0. The lowest BCUT2D eigenvalue weighted by Crippen LogP contribution is -2.56. The highest BCUT2D eigenvalue weighted by atomic mass is 16.4. The molecule has 2 N–H and O–H groups in total. The monoisotopic (exact) mass is 380 g/mol. The van der Waals surface area contributed by atoms with E-state index in [9.17, 15) is 19.8 Å². The van der Waals surface area contributed by atoms with E-state index in [0.29, 0.717) is 13.0 Å². The molecule has 1 saturated heterocycles. The van der Waals surface area contributed by atoms with E-state index in [-0.39, 0.29) is 24.1 Å². The molecule has 0 unspecified atom stereocenters. The number of carboxylic acid groups (broad SMARTS) is 1. The summed E-state index contributed by atoms with van der Waals surface area (Å²) in [6, 6.07) is 13.2. The molecule has 0 aromatic heterocycles. The van der Waals surface area contributed by atoms with Gasteiger partial charge in [-0.25, -0.2) is 4.79 Å². The molecule has 0 aliphatic carbocycles. The number of rotatable bonds is 4. The zero-order valence-electron chi connectivity index (χ0n) is 16.0. The van der Waals surface area contributed by atoms with Crippen molar-refractivity contribution >= 4 is 11.9 Å². The van der Waals surface area contributed by atoms with Gasteiger partial charge in [-0.05, 0) is 49.1 Å². The van der Waals surface area contributed by atoms with Gasteiger partial charge in [-0.3, -0.25) is 9.69 Å². The number of carbonyl (C=O) groups is 2. The normalized spacial score (nSPS) is 21.9. The molecular formula is C22H24N2O4. The van der Waals surface area contributed by atoms with Gasteiger partial charge in [0.15, 0.2) is 0 Å². The van der Waals surface area contributed by atoms with Crippen LogP contribution in [0.25, 0.3) is 0 Å². The van der Waals surface area contributed by atoms with Crippen LogP contribution in [0, 0.1) is 0 Å². The smallest absolute Gasteiger partial charge is 0.326 e. The largest absolute Gasteiger partial charge is 0.508 e. The first-order valence-corrected chi connectivity index (χ1v) is 9.46. The fraction of sp³-hybridized carbons (Fsp3) is 0.364. The summed E-state index contributed by atoms with van der Waals surface area (Å²) >= 11 is 0. The minimum atomic E-state index is -1.02. The fourth-order valence-electron chi connectivity index (χ4n) is 4.57. The van der Waals surface area contributed by atoms with E-state index in [1.54, 1.807) is 17.0 Å². The highest BCUT2D eigenvalue weighted by Gasteiger charge is 2.56. The molecule has 2 heterocycles. The van der Waals surface area contributed by atoms with E-state index in [1.807, 2.05) is 32.0 Å². The third-order valence-electron chi connectivity index (χ3n) is 6.03. The Labute approximate surface area is 164 Å². The van der Waals surface area contributed by atoms with Gasteiger partial charge >= 0.3 is 5.97 Å². The number of aromatic hydroxyl groups is 1. The number of carboxylic acids is 1. The number of phenolic OH excluding ortho intramolecular Hbond substituents is 1. The van der Waals surface area contributed by atoms with Gasteiger partial charge in [-0.1, -0.05) is 36.4 Å². The van der Waals surface area contributed by atoms with E-state index in [4.69, 9.17) is 0 Å². The highest BCUT2D eigenvalue weighted by Crippen LogP contribution is 2.40. The van der Waals surface area contributed by atoms with Gasteiger partial charge in [-0.15, -0.1) is 0 Å². The van der Waals surface area contributed by atoms with Crippen LogP contribution < -0.4 is 0 Å². The van der Waals surface area contributed by atoms with Gasteiger partial charge < -0.3 is 15.1 Å². The van der Waals surface area contributed by atoms with E-state index in [2.05, 4.69) is 11.0 Å². The van der Waals surface area contributed by atoms with Crippen LogP contribution in [0.4, 0.5) is 0 Å². The topological polar surface area (TPSA) is 81.1 Å². The molecule has 2 aromatic carbocycles. The van der Waals surface area contributed by atoms with Crippen molar-refractivity contribution in [1.82, 2.24) is 9.80 Å². The van der Waals surface area contributed by atoms with Gasteiger partial charge in [0, 0.05) is 13.0 Å². The Hall–Kier alpha value is -2.86. The van der Waals surface area contributed by atoms with E-state index in [0.717, 1.165) is 11.1 Å². The van der Waals surface area contributed by atoms with Crippen LogP contribution in [0.5, 0.6) is 5.75 Å². The second-order valence-corrected chi connectivity index (χ2v) is 8.04. The third kappa shape index (κ3) is 2.94. The first-order valence-electron chi connectivity index (χ1n) is 9.46. The maximum absolute atomic E-state index is 13.3. The number of nitrogens with zero attached hydrogens (tertiary/aromatic N) is 2. The predicted molar refractivity (Wildman–Crippen MR) is 104 cm³/mol. The van der Waals surface area contributed by atoms with Crippen LogP contribution >= 0.6 is 0 Å². The first kappa shape index (κ1) is 18.5. The summed E-state index contributed by atoms with van der Waals surface area (Å²) in [5.74, 6) is -1.03. The average Bonchev–Trinajstić information content (AvgIpc) is 2.85.